The van der Waals surface area contributed by atoms with Gasteiger partial charge in [-0.1, -0.05) is 48.0 Å². The SMILES string of the molecule is Clc1ccc2c(c1)C(c1ccccc1)=NCc1c[nH]cc1-2. The van der Waals surface area contributed by atoms with Gasteiger partial charge in [0.2, 0.25) is 0 Å². The van der Waals surface area contributed by atoms with Gasteiger partial charge in [0.1, 0.15) is 0 Å². The summed E-state index contributed by atoms with van der Waals surface area (Å²) in [6, 6.07) is 16.3. The van der Waals surface area contributed by atoms with Crippen LogP contribution in [0.1, 0.15) is 16.7 Å². The molecule has 3 heteroatoms. The summed E-state index contributed by atoms with van der Waals surface area (Å²) in [6.45, 7) is 0.676. The molecule has 0 saturated heterocycles. The van der Waals surface area contributed by atoms with Crippen molar-refractivity contribution in [3.05, 3.63) is 82.6 Å². The summed E-state index contributed by atoms with van der Waals surface area (Å²) in [4.78, 5) is 8.00. The molecule has 1 aliphatic heterocycles. The maximum atomic E-state index is 6.22. The van der Waals surface area contributed by atoms with Crippen LogP contribution in [-0.2, 0) is 6.54 Å². The third-order valence-corrected chi connectivity index (χ3v) is 4.05. The van der Waals surface area contributed by atoms with Crippen molar-refractivity contribution in [2.45, 2.75) is 6.54 Å². The molecule has 0 radical (unpaired) electrons. The number of hydrogen-bond acceptors (Lipinski definition) is 1. The molecular formula is C18H13ClN2. The average molecular weight is 293 g/mol. The molecule has 2 aromatic carbocycles. The number of aliphatic imine (C=N–C) groups is 1. The van der Waals surface area contributed by atoms with Crippen LogP contribution in [0.15, 0.2) is 65.9 Å². The van der Waals surface area contributed by atoms with Gasteiger partial charge in [-0.3, -0.25) is 4.99 Å². The van der Waals surface area contributed by atoms with Crippen LogP contribution in [0.3, 0.4) is 0 Å². The van der Waals surface area contributed by atoms with Crippen LogP contribution in [0.5, 0.6) is 0 Å². The fraction of sp³-hybridized carbons (Fsp3) is 0.0556. The van der Waals surface area contributed by atoms with Crippen LogP contribution in [0.2, 0.25) is 5.02 Å². The van der Waals surface area contributed by atoms with E-state index < -0.39 is 0 Å². The van der Waals surface area contributed by atoms with Gasteiger partial charge in [0.25, 0.3) is 0 Å². The molecule has 0 aliphatic carbocycles. The molecule has 0 spiro atoms. The third-order valence-electron chi connectivity index (χ3n) is 3.81. The highest BCUT2D eigenvalue weighted by Crippen LogP contribution is 2.34. The Kier molecular flexibility index (Phi) is 2.90. The minimum atomic E-state index is 0.676. The highest BCUT2D eigenvalue weighted by molar-refractivity contribution is 6.31. The van der Waals surface area contributed by atoms with E-state index in [1.807, 2.05) is 42.7 Å². The van der Waals surface area contributed by atoms with Crippen molar-refractivity contribution in [2.75, 3.05) is 0 Å². The molecule has 0 unspecified atom stereocenters. The zero-order valence-corrected chi connectivity index (χ0v) is 12.1. The van der Waals surface area contributed by atoms with Crippen molar-refractivity contribution in [3.8, 4) is 11.1 Å². The van der Waals surface area contributed by atoms with E-state index in [0.29, 0.717) is 6.54 Å². The number of aromatic amines is 1. The highest BCUT2D eigenvalue weighted by Gasteiger charge is 2.19. The van der Waals surface area contributed by atoms with Gasteiger partial charge in [-0.2, -0.15) is 0 Å². The maximum Gasteiger partial charge on any atom is 0.0729 e. The lowest BCUT2D eigenvalue weighted by Gasteiger charge is -2.10. The monoisotopic (exact) mass is 292 g/mol. The Morgan fingerprint density at radius 2 is 1.76 bits per heavy atom. The molecule has 0 fully saturated rings. The van der Waals surface area contributed by atoms with E-state index in [1.54, 1.807) is 0 Å². The first-order valence-electron chi connectivity index (χ1n) is 6.89. The number of H-pyrrole nitrogens is 1. The molecule has 102 valence electrons. The predicted molar refractivity (Wildman–Crippen MR) is 87.0 cm³/mol. The van der Waals surface area contributed by atoms with Gasteiger partial charge in [0.15, 0.2) is 0 Å². The van der Waals surface area contributed by atoms with Crippen molar-refractivity contribution >= 4 is 17.3 Å². The second-order valence-corrected chi connectivity index (χ2v) is 5.55. The van der Waals surface area contributed by atoms with Crippen LogP contribution in [-0.4, -0.2) is 10.7 Å². The number of rotatable bonds is 1. The largest absolute Gasteiger partial charge is 0.367 e. The van der Waals surface area contributed by atoms with Crippen molar-refractivity contribution in [2.24, 2.45) is 4.99 Å². The third kappa shape index (κ3) is 2.08. The van der Waals surface area contributed by atoms with Gasteiger partial charge in [-0.05, 0) is 23.3 Å². The summed E-state index contributed by atoms with van der Waals surface area (Å²) in [7, 11) is 0. The zero-order chi connectivity index (χ0) is 14.2. The molecule has 2 heterocycles. The predicted octanol–water partition coefficient (Wildman–Crippen LogP) is 4.69. The first-order chi connectivity index (χ1) is 10.3. The van der Waals surface area contributed by atoms with E-state index in [0.717, 1.165) is 21.9 Å². The lowest BCUT2D eigenvalue weighted by molar-refractivity contribution is 1.08. The molecule has 4 rings (SSSR count). The van der Waals surface area contributed by atoms with Gasteiger partial charge < -0.3 is 4.98 Å². The van der Waals surface area contributed by atoms with E-state index >= 15 is 0 Å². The summed E-state index contributed by atoms with van der Waals surface area (Å²) in [5.41, 5.74) is 6.81. The van der Waals surface area contributed by atoms with Crippen LogP contribution in [0.25, 0.3) is 11.1 Å². The number of fused-ring (bicyclic) bond motifs is 3. The molecule has 1 aliphatic rings. The van der Waals surface area contributed by atoms with Crippen LogP contribution < -0.4 is 0 Å². The lowest BCUT2D eigenvalue weighted by atomic mass is 9.94. The summed E-state index contributed by atoms with van der Waals surface area (Å²) in [5, 5.41) is 0.733. The summed E-state index contributed by atoms with van der Waals surface area (Å²) in [5.74, 6) is 0. The van der Waals surface area contributed by atoms with Crippen molar-refractivity contribution in [1.29, 1.82) is 0 Å². The number of benzene rings is 2. The number of aromatic nitrogens is 1. The number of halogens is 1. The molecule has 2 nitrogen and oxygen atoms in total. The Morgan fingerprint density at radius 1 is 0.905 bits per heavy atom. The molecule has 0 atom stereocenters. The second-order valence-electron chi connectivity index (χ2n) is 5.12. The molecule has 21 heavy (non-hydrogen) atoms. The quantitative estimate of drug-likeness (QED) is 0.674. The van der Waals surface area contributed by atoms with Gasteiger partial charge in [-0.25, -0.2) is 0 Å². The standard InChI is InChI=1S/C18H13ClN2/c19-14-6-7-15-16(8-14)18(12-4-2-1-3-5-12)21-10-13-9-20-11-17(13)15/h1-9,11,20H,10H2. The highest BCUT2D eigenvalue weighted by atomic mass is 35.5. The Labute approximate surface area is 128 Å². The molecule has 3 aromatic rings. The number of nitrogens with one attached hydrogen (secondary N) is 1. The first-order valence-corrected chi connectivity index (χ1v) is 7.26. The Hall–Kier alpha value is -2.32. The van der Waals surface area contributed by atoms with Crippen molar-refractivity contribution in [1.82, 2.24) is 4.98 Å². The molecule has 0 bridgehead atoms. The first kappa shape index (κ1) is 12.4. The van der Waals surface area contributed by atoms with E-state index in [2.05, 4.69) is 23.2 Å². The molecule has 1 N–H and O–H groups in total. The summed E-state index contributed by atoms with van der Waals surface area (Å²) >= 11 is 6.22. The van der Waals surface area contributed by atoms with E-state index in [9.17, 15) is 0 Å². The topological polar surface area (TPSA) is 28.1 Å². The Morgan fingerprint density at radius 3 is 2.62 bits per heavy atom. The Balaban J connectivity index is 2.00. The molecule has 0 saturated carbocycles. The smallest absolute Gasteiger partial charge is 0.0729 e. The minimum Gasteiger partial charge on any atom is -0.367 e. The maximum absolute atomic E-state index is 6.22. The minimum absolute atomic E-state index is 0.676. The van der Waals surface area contributed by atoms with E-state index in [1.165, 1.54) is 16.7 Å². The molecule has 0 amide bonds. The Bertz CT molecular complexity index is 831. The fourth-order valence-electron chi connectivity index (χ4n) is 2.82. The zero-order valence-electron chi connectivity index (χ0n) is 11.3. The van der Waals surface area contributed by atoms with E-state index in [-0.39, 0.29) is 0 Å². The molecule has 1 aromatic heterocycles. The number of hydrogen-bond donors (Lipinski definition) is 1. The van der Waals surface area contributed by atoms with E-state index in [4.69, 9.17) is 16.6 Å². The lowest BCUT2D eigenvalue weighted by Crippen LogP contribution is -2.04. The van der Waals surface area contributed by atoms with Gasteiger partial charge in [0.05, 0.1) is 12.3 Å². The van der Waals surface area contributed by atoms with Gasteiger partial charge in [0, 0.05) is 34.1 Å². The average Bonchev–Trinajstić information content (AvgIpc) is 2.92. The van der Waals surface area contributed by atoms with Crippen molar-refractivity contribution < 1.29 is 0 Å². The summed E-state index contributed by atoms with van der Waals surface area (Å²) < 4.78 is 0. The second kappa shape index (κ2) is 4.90. The van der Waals surface area contributed by atoms with Crippen LogP contribution in [0, 0.1) is 0 Å². The van der Waals surface area contributed by atoms with Gasteiger partial charge >= 0.3 is 0 Å². The van der Waals surface area contributed by atoms with Crippen LogP contribution in [0.4, 0.5) is 0 Å². The normalized spacial score (nSPS) is 13.1. The summed E-state index contributed by atoms with van der Waals surface area (Å²) in [6.07, 6.45) is 4.05. The fourth-order valence-corrected chi connectivity index (χ4v) is 2.99. The number of nitrogens with zero attached hydrogens (tertiary/aromatic N) is 1. The molecular weight excluding hydrogens is 280 g/mol. The van der Waals surface area contributed by atoms with Gasteiger partial charge in [-0.15, -0.1) is 0 Å². The van der Waals surface area contributed by atoms with Crippen LogP contribution >= 0.6 is 11.6 Å². The van der Waals surface area contributed by atoms with Crippen molar-refractivity contribution in [3.63, 3.8) is 0 Å².